The fraction of sp³-hybridized carbons (Fsp3) is 0.125. The lowest BCUT2D eigenvalue weighted by Gasteiger charge is -2.12. The van der Waals surface area contributed by atoms with E-state index in [2.05, 4.69) is 5.32 Å². The van der Waals surface area contributed by atoms with Gasteiger partial charge in [0.15, 0.2) is 29.7 Å². The molecule has 0 unspecified atom stereocenters. The van der Waals surface area contributed by atoms with E-state index >= 15 is 0 Å². The molecule has 2 aromatic carbocycles. The van der Waals surface area contributed by atoms with Crippen LogP contribution in [0.1, 0.15) is 10.4 Å². The highest BCUT2D eigenvalue weighted by atomic mass is 19.2. The number of methoxy groups -OCH3 is 1. The van der Waals surface area contributed by atoms with Crippen LogP contribution in [0.15, 0.2) is 30.3 Å². The SMILES string of the molecule is COc1cc(C(=O)Nc2cc(F)c(F)cc2F)ccc1OCC(N)=O. The minimum atomic E-state index is -1.37. The molecule has 9 heteroatoms. The lowest BCUT2D eigenvalue weighted by Crippen LogP contribution is -2.20. The molecule has 0 saturated carbocycles. The van der Waals surface area contributed by atoms with E-state index in [0.717, 1.165) is 0 Å². The summed E-state index contributed by atoms with van der Waals surface area (Å²) < 4.78 is 49.8. The van der Waals surface area contributed by atoms with Crippen LogP contribution < -0.4 is 20.5 Å². The van der Waals surface area contributed by atoms with E-state index in [1.54, 1.807) is 0 Å². The molecule has 3 N–H and O–H groups in total. The summed E-state index contributed by atoms with van der Waals surface area (Å²) in [5.41, 5.74) is 4.49. The molecule has 0 atom stereocenters. The van der Waals surface area contributed by atoms with Gasteiger partial charge in [-0.1, -0.05) is 0 Å². The molecule has 0 fully saturated rings. The Morgan fingerprint density at radius 2 is 1.72 bits per heavy atom. The van der Waals surface area contributed by atoms with Crippen LogP contribution in [0, 0.1) is 17.5 Å². The van der Waals surface area contributed by atoms with Crippen LogP contribution in [0.2, 0.25) is 0 Å². The van der Waals surface area contributed by atoms with Gasteiger partial charge in [-0.05, 0) is 18.2 Å². The summed E-state index contributed by atoms with van der Waals surface area (Å²) in [6.45, 7) is -0.387. The first-order chi connectivity index (χ1) is 11.8. The number of benzene rings is 2. The lowest BCUT2D eigenvalue weighted by molar-refractivity contribution is -0.119. The Hall–Kier alpha value is -3.23. The molecule has 2 rings (SSSR count). The third-order valence-electron chi connectivity index (χ3n) is 3.05. The van der Waals surface area contributed by atoms with Gasteiger partial charge in [0.05, 0.1) is 12.8 Å². The monoisotopic (exact) mass is 354 g/mol. The van der Waals surface area contributed by atoms with Gasteiger partial charge in [0.2, 0.25) is 0 Å². The standard InChI is InChI=1S/C16H13F3N2O4/c1-24-14-4-8(2-3-13(14)25-7-15(20)22)16(23)21-12-6-10(18)9(17)5-11(12)19/h2-6H,7H2,1H3,(H2,20,22)(H,21,23). The highest BCUT2D eigenvalue weighted by Crippen LogP contribution is 2.28. The smallest absolute Gasteiger partial charge is 0.255 e. The number of carbonyl (C=O) groups is 2. The zero-order chi connectivity index (χ0) is 18.6. The van der Waals surface area contributed by atoms with Crippen LogP contribution in [-0.4, -0.2) is 25.5 Å². The van der Waals surface area contributed by atoms with Crippen molar-refractivity contribution in [2.75, 3.05) is 19.0 Å². The molecule has 6 nitrogen and oxygen atoms in total. The van der Waals surface area contributed by atoms with Crippen molar-refractivity contribution in [1.29, 1.82) is 0 Å². The molecule has 132 valence electrons. The van der Waals surface area contributed by atoms with Gasteiger partial charge in [-0.25, -0.2) is 13.2 Å². The van der Waals surface area contributed by atoms with E-state index in [9.17, 15) is 22.8 Å². The van der Waals surface area contributed by atoms with Crippen molar-refractivity contribution in [3.63, 3.8) is 0 Å². The van der Waals surface area contributed by atoms with Gasteiger partial charge < -0.3 is 20.5 Å². The highest BCUT2D eigenvalue weighted by molar-refractivity contribution is 6.04. The first-order valence-corrected chi connectivity index (χ1v) is 6.87. The normalized spacial score (nSPS) is 10.2. The molecule has 0 aliphatic heterocycles. The first-order valence-electron chi connectivity index (χ1n) is 6.87. The fourth-order valence-corrected chi connectivity index (χ4v) is 1.89. The van der Waals surface area contributed by atoms with Gasteiger partial charge in [-0.3, -0.25) is 9.59 Å². The van der Waals surface area contributed by atoms with Gasteiger partial charge in [-0.2, -0.15) is 0 Å². The van der Waals surface area contributed by atoms with Gasteiger partial charge in [0.1, 0.15) is 5.82 Å². The number of ether oxygens (including phenoxy) is 2. The van der Waals surface area contributed by atoms with E-state index in [1.807, 2.05) is 0 Å². The van der Waals surface area contributed by atoms with Crippen LogP contribution in [0.5, 0.6) is 11.5 Å². The molecular formula is C16H13F3N2O4. The van der Waals surface area contributed by atoms with Crippen molar-refractivity contribution in [1.82, 2.24) is 0 Å². The topological polar surface area (TPSA) is 90.7 Å². The quantitative estimate of drug-likeness (QED) is 0.779. The van der Waals surface area contributed by atoms with Crippen molar-refractivity contribution >= 4 is 17.5 Å². The highest BCUT2D eigenvalue weighted by Gasteiger charge is 2.15. The van der Waals surface area contributed by atoms with Crippen molar-refractivity contribution < 1.29 is 32.2 Å². The summed E-state index contributed by atoms with van der Waals surface area (Å²) in [5, 5.41) is 2.12. The van der Waals surface area contributed by atoms with Crippen LogP contribution in [0.4, 0.5) is 18.9 Å². The molecule has 0 radical (unpaired) electrons. The number of halogens is 3. The number of rotatable bonds is 6. The molecule has 0 spiro atoms. The Kier molecular flexibility index (Phi) is 5.48. The number of carbonyl (C=O) groups excluding carboxylic acids is 2. The Labute approximate surface area is 140 Å². The van der Waals surface area contributed by atoms with Crippen LogP contribution >= 0.6 is 0 Å². The van der Waals surface area contributed by atoms with E-state index in [4.69, 9.17) is 15.2 Å². The van der Waals surface area contributed by atoms with Crippen molar-refractivity contribution in [3.05, 3.63) is 53.3 Å². The molecule has 2 amide bonds. The Morgan fingerprint density at radius 1 is 1.04 bits per heavy atom. The molecular weight excluding hydrogens is 341 g/mol. The van der Waals surface area contributed by atoms with Crippen LogP contribution in [-0.2, 0) is 4.79 Å². The number of primary amides is 1. The predicted octanol–water partition coefficient (Wildman–Crippen LogP) is 2.23. The average Bonchev–Trinajstić information content (AvgIpc) is 2.57. The van der Waals surface area contributed by atoms with E-state index in [1.165, 1.54) is 25.3 Å². The second kappa shape index (κ2) is 7.56. The number of nitrogens with one attached hydrogen (secondary N) is 1. The summed E-state index contributed by atoms with van der Waals surface area (Å²) in [5.74, 6) is -4.99. The zero-order valence-corrected chi connectivity index (χ0v) is 12.9. The molecule has 0 aromatic heterocycles. The van der Waals surface area contributed by atoms with Crippen molar-refractivity contribution in [2.24, 2.45) is 5.73 Å². The molecule has 0 heterocycles. The van der Waals surface area contributed by atoms with Crippen molar-refractivity contribution in [2.45, 2.75) is 0 Å². The molecule has 0 aliphatic rings. The zero-order valence-electron chi connectivity index (χ0n) is 12.9. The second-order valence-corrected chi connectivity index (χ2v) is 4.82. The summed E-state index contributed by atoms with van der Waals surface area (Å²) in [6, 6.07) is 4.78. The van der Waals surface area contributed by atoms with E-state index < -0.39 is 35.0 Å². The third kappa shape index (κ3) is 4.40. The summed E-state index contributed by atoms with van der Waals surface area (Å²) >= 11 is 0. The van der Waals surface area contributed by atoms with Gasteiger partial charge in [0, 0.05) is 17.7 Å². The molecule has 0 saturated heterocycles. The minimum Gasteiger partial charge on any atom is -0.493 e. The first kappa shape index (κ1) is 18.1. The Bertz CT molecular complexity index is 827. The summed E-state index contributed by atoms with van der Waals surface area (Å²) in [4.78, 5) is 22.9. The molecule has 2 aromatic rings. The number of nitrogens with two attached hydrogens (primary N) is 1. The predicted molar refractivity (Wildman–Crippen MR) is 82.0 cm³/mol. The number of anilines is 1. The van der Waals surface area contributed by atoms with Crippen molar-refractivity contribution in [3.8, 4) is 11.5 Å². The second-order valence-electron chi connectivity index (χ2n) is 4.82. The largest absolute Gasteiger partial charge is 0.493 e. The maximum absolute atomic E-state index is 13.6. The maximum atomic E-state index is 13.6. The number of hydrogen-bond acceptors (Lipinski definition) is 4. The number of hydrogen-bond donors (Lipinski definition) is 2. The summed E-state index contributed by atoms with van der Waals surface area (Å²) in [6.07, 6.45) is 0. The van der Waals surface area contributed by atoms with E-state index in [0.29, 0.717) is 12.1 Å². The lowest BCUT2D eigenvalue weighted by atomic mass is 10.1. The van der Waals surface area contributed by atoms with Gasteiger partial charge in [0.25, 0.3) is 11.8 Å². The molecule has 25 heavy (non-hydrogen) atoms. The molecule has 0 bridgehead atoms. The average molecular weight is 354 g/mol. The van der Waals surface area contributed by atoms with Gasteiger partial charge >= 0.3 is 0 Å². The van der Waals surface area contributed by atoms with Gasteiger partial charge in [-0.15, -0.1) is 0 Å². The van der Waals surface area contributed by atoms with Crippen LogP contribution in [0.25, 0.3) is 0 Å². The molecule has 0 aliphatic carbocycles. The Balaban J connectivity index is 2.22. The minimum absolute atomic E-state index is 0.0346. The maximum Gasteiger partial charge on any atom is 0.255 e. The summed E-state index contributed by atoms with van der Waals surface area (Å²) in [7, 11) is 1.31. The van der Waals surface area contributed by atoms with E-state index in [-0.39, 0.29) is 23.7 Å². The Morgan fingerprint density at radius 3 is 2.36 bits per heavy atom. The fourth-order valence-electron chi connectivity index (χ4n) is 1.89. The third-order valence-corrected chi connectivity index (χ3v) is 3.05. The number of amides is 2. The van der Waals surface area contributed by atoms with Crippen LogP contribution in [0.3, 0.4) is 0 Å².